The van der Waals surface area contributed by atoms with Gasteiger partial charge in [0.25, 0.3) is 0 Å². The van der Waals surface area contributed by atoms with Crippen LogP contribution in [-0.2, 0) is 6.42 Å². The third kappa shape index (κ3) is 2.55. The van der Waals surface area contributed by atoms with Gasteiger partial charge in [-0.15, -0.1) is 11.8 Å². The van der Waals surface area contributed by atoms with E-state index in [0.717, 1.165) is 0 Å². The van der Waals surface area contributed by atoms with Gasteiger partial charge in [0.2, 0.25) is 0 Å². The molecule has 1 aromatic carbocycles. The molecule has 0 fully saturated rings. The molecule has 0 saturated heterocycles. The van der Waals surface area contributed by atoms with Gasteiger partial charge < -0.3 is 5.32 Å². The number of fused-ring (bicyclic) bond motifs is 1. The van der Waals surface area contributed by atoms with Crippen molar-refractivity contribution in [2.75, 3.05) is 12.8 Å². The largest absolute Gasteiger partial charge is 0.312 e. The highest BCUT2D eigenvalue weighted by Gasteiger charge is 2.30. The Kier molecular flexibility index (Phi) is 3.99. The second-order valence-corrected chi connectivity index (χ2v) is 6.51. The van der Waals surface area contributed by atoms with Gasteiger partial charge in [0.1, 0.15) is 0 Å². The molecular weight excluding hydrogens is 240 g/mol. The predicted molar refractivity (Wildman–Crippen MR) is 76.7 cm³/mol. The van der Waals surface area contributed by atoms with E-state index in [0.29, 0.717) is 0 Å². The smallest absolute Gasteiger partial charge is 0.0712 e. The van der Waals surface area contributed by atoms with Crippen molar-refractivity contribution < 1.29 is 0 Å². The Labute approximate surface area is 114 Å². The molecule has 1 heterocycles. The Morgan fingerprint density at radius 2 is 2.22 bits per heavy atom. The Morgan fingerprint density at radius 3 is 2.89 bits per heavy atom. The first-order chi connectivity index (χ1) is 8.58. The van der Waals surface area contributed by atoms with Crippen LogP contribution in [0.25, 0.3) is 0 Å². The van der Waals surface area contributed by atoms with Crippen LogP contribution in [0.1, 0.15) is 37.4 Å². The molecular formula is C15H20N2S. The van der Waals surface area contributed by atoms with Gasteiger partial charge in [0.15, 0.2) is 0 Å². The molecule has 1 atom stereocenters. The summed E-state index contributed by atoms with van der Waals surface area (Å²) >= 11 is 1.94. The van der Waals surface area contributed by atoms with Crippen molar-refractivity contribution in [1.29, 1.82) is 5.26 Å². The Morgan fingerprint density at radius 1 is 1.44 bits per heavy atom. The summed E-state index contributed by atoms with van der Waals surface area (Å²) in [6.07, 6.45) is 2.42. The summed E-state index contributed by atoms with van der Waals surface area (Å²) in [5.74, 6) is 1.23. The van der Waals surface area contributed by atoms with Crippen LogP contribution >= 0.6 is 11.8 Å². The van der Waals surface area contributed by atoms with Gasteiger partial charge in [-0.2, -0.15) is 5.26 Å². The average Bonchev–Trinajstić information content (AvgIpc) is 2.39. The van der Waals surface area contributed by atoms with E-state index in [1.54, 1.807) is 0 Å². The van der Waals surface area contributed by atoms with Crippen LogP contribution in [-0.4, -0.2) is 12.8 Å². The topological polar surface area (TPSA) is 35.8 Å². The highest BCUT2D eigenvalue weighted by molar-refractivity contribution is 7.99. The zero-order valence-corrected chi connectivity index (χ0v) is 12.1. The summed E-state index contributed by atoms with van der Waals surface area (Å²) in [4.78, 5) is 1.41. The van der Waals surface area contributed by atoms with Crippen molar-refractivity contribution in [2.45, 2.75) is 37.6 Å². The maximum atomic E-state index is 9.30. The van der Waals surface area contributed by atoms with E-state index in [1.807, 2.05) is 32.7 Å². The molecule has 96 valence electrons. The zero-order valence-electron chi connectivity index (χ0n) is 11.3. The quantitative estimate of drug-likeness (QED) is 0.903. The van der Waals surface area contributed by atoms with Crippen LogP contribution in [0.2, 0.25) is 0 Å². The van der Waals surface area contributed by atoms with Gasteiger partial charge in [-0.3, -0.25) is 0 Å². The van der Waals surface area contributed by atoms with E-state index >= 15 is 0 Å². The normalized spacial score (nSPS) is 16.8. The maximum absolute atomic E-state index is 9.30. The van der Waals surface area contributed by atoms with Gasteiger partial charge in [-0.05, 0) is 56.7 Å². The van der Waals surface area contributed by atoms with Gasteiger partial charge >= 0.3 is 0 Å². The van der Waals surface area contributed by atoms with E-state index in [2.05, 4.69) is 29.6 Å². The first-order valence-electron chi connectivity index (χ1n) is 6.42. The number of nitriles is 1. The van der Waals surface area contributed by atoms with Crippen molar-refractivity contribution >= 4 is 11.8 Å². The molecule has 3 heteroatoms. The fourth-order valence-corrected chi connectivity index (χ4v) is 3.59. The Balaban J connectivity index is 2.35. The molecule has 1 aromatic rings. The summed E-state index contributed by atoms with van der Waals surface area (Å²) < 4.78 is 0. The summed E-state index contributed by atoms with van der Waals surface area (Å²) in [5.41, 5.74) is 2.27. The number of nitrogens with one attached hydrogen (secondary N) is 1. The molecule has 1 aliphatic rings. The van der Waals surface area contributed by atoms with Crippen LogP contribution in [0.5, 0.6) is 0 Å². The number of hydrogen-bond acceptors (Lipinski definition) is 3. The number of aryl methyl sites for hydroxylation is 1. The molecule has 0 aromatic heterocycles. The summed E-state index contributed by atoms with van der Waals surface area (Å²) in [6, 6.07) is 9.14. The van der Waals surface area contributed by atoms with Crippen molar-refractivity contribution in [3.05, 3.63) is 29.3 Å². The van der Waals surface area contributed by atoms with Crippen LogP contribution in [0.4, 0.5) is 0 Å². The minimum absolute atomic E-state index is 0.0831. The Bertz CT molecular complexity index is 474. The zero-order chi connectivity index (χ0) is 13.2. The molecule has 0 saturated carbocycles. The fraction of sp³-hybridized carbons (Fsp3) is 0.533. The first kappa shape index (κ1) is 13.5. The lowest BCUT2D eigenvalue weighted by Gasteiger charge is -2.29. The Hall–Kier alpha value is -0.980. The number of hydrogen-bond donors (Lipinski definition) is 1. The number of nitrogens with zero attached hydrogens (tertiary/aromatic N) is 1. The third-order valence-corrected chi connectivity index (χ3v) is 4.77. The van der Waals surface area contributed by atoms with Gasteiger partial charge in [0.05, 0.1) is 17.5 Å². The molecule has 0 radical (unpaired) electrons. The fourth-order valence-electron chi connectivity index (χ4n) is 2.57. The minimum atomic E-state index is -0.398. The van der Waals surface area contributed by atoms with Crippen molar-refractivity contribution in [3.8, 4) is 6.07 Å². The highest BCUT2D eigenvalue weighted by Crippen LogP contribution is 2.36. The van der Waals surface area contributed by atoms with Crippen molar-refractivity contribution in [1.82, 2.24) is 5.32 Å². The molecule has 0 spiro atoms. The summed E-state index contributed by atoms with van der Waals surface area (Å²) in [6.45, 7) is 3.98. The maximum Gasteiger partial charge on any atom is 0.0712 e. The minimum Gasteiger partial charge on any atom is -0.312 e. The lowest BCUT2D eigenvalue weighted by Crippen LogP contribution is -2.31. The van der Waals surface area contributed by atoms with Gasteiger partial charge in [0, 0.05) is 4.90 Å². The first-order valence-corrected chi connectivity index (χ1v) is 7.41. The van der Waals surface area contributed by atoms with Crippen LogP contribution in [0.3, 0.4) is 0 Å². The number of benzene rings is 1. The molecule has 18 heavy (non-hydrogen) atoms. The van der Waals surface area contributed by atoms with E-state index in [9.17, 15) is 5.26 Å². The molecule has 1 aliphatic heterocycles. The number of thioether (sulfide) groups is 1. The SMILES string of the molecule is CNC(c1ccc2c(c1)CCCS2)C(C)(C)C#N. The average molecular weight is 260 g/mol. The van der Waals surface area contributed by atoms with E-state index in [4.69, 9.17) is 0 Å². The molecule has 0 aliphatic carbocycles. The van der Waals surface area contributed by atoms with Crippen LogP contribution < -0.4 is 5.32 Å². The second-order valence-electron chi connectivity index (χ2n) is 5.37. The third-order valence-electron chi connectivity index (χ3n) is 3.56. The van der Waals surface area contributed by atoms with Gasteiger partial charge in [-0.1, -0.05) is 12.1 Å². The predicted octanol–water partition coefficient (Wildman–Crippen LogP) is 3.54. The van der Waals surface area contributed by atoms with E-state index in [-0.39, 0.29) is 6.04 Å². The molecule has 2 rings (SSSR count). The van der Waals surface area contributed by atoms with E-state index in [1.165, 1.54) is 34.6 Å². The standard InChI is InChI=1S/C15H20N2S/c1-15(2,10-16)14(17-3)12-6-7-13-11(9-12)5-4-8-18-13/h6-7,9,14,17H,4-5,8H2,1-3H3. The molecule has 1 N–H and O–H groups in total. The second kappa shape index (κ2) is 5.34. The van der Waals surface area contributed by atoms with E-state index < -0.39 is 5.41 Å². The lowest BCUT2D eigenvalue weighted by atomic mass is 9.81. The highest BCUT2D eigenvalue weighted by atomic mass is 32.2. The molecule has 1 unspecified atom stereocenters. The summed E-state index contributed by atoms with van der Waals surface area (Å²) in [5, 5.41) is 12.6. The van der Waals surface area contributed by atoms with Crippen molar-refractivity contribution in [3.63, 3.8) is 0 Å². The van der Waals surface area contributed by atoms with Crippen molar-refractivity contribution in [2.24, 2.45) is 5.41 Å². The lowest BCUT2D eigenvalue weighted by molar-refractivity contribution is 0.344. The molecule has 0 amide bonds. The number of rotatable bonds is 3. The van der Waals surface area contributed by atoms with Crippen LogP contribution in [0, 0.1) is 16.7 Å². The van der Waals surface area contributed by atoms with Crippen LogP contribution in [0.15, 0.2) is 23.1 Å². The van der Waals surface area contributed by atoms with Gasteiger partial charge in [-0.25, -0.2) is 0 Å². The molecule has 0 bridgehead atoms. The molecule has 2 nitrogen and oxygen atoms in total. The monoisotopic (exact) mass is 260 g/mol. The summed E-state index contributed by atoms with van der Waals surface area (Å²) in [7, 11) is 1.93.